The highest BCUT2D eigenvalue weighted by Crippen LogP contribution is 2.25. The van der Waals surface area contributed by atoms with Gasteiger partial charge in [-0.2, -0.15) is 0 Å². The van der Waals surface area contributed by atoms with E-state index in [0.29, 0.717) is 5.57 Å². The zero-order valence-electron chi connectivity index (χ0n) is 8.14. The lowest BCUT2D eigenvalue weighted by atomic mass is 9.86. The maximum Gasteiger partial charge on any atom is 0.334 e. The van der Waals surface area contributed by atoms with Crippen molar-refractivity contribution in [2.75, 3.05) is 0 Å². The molecule has 4 nitrogen and oxygen atoms in total. The normalized spacial score (nSPS) is 27.2. The van der Waals surface area contributed by atoms with Crippen LogP contribution in [0.4, 0.5) is 0 Å². The first-order valence-corrected chi connectivity index (χ1v) is 4.46. The van der Waals surface area contributed by atoms with Crippen molar-refractivity contribution in [2.45, 2.75) is 26.1 Å². The summed E-state index contributed by atoms with van der Waals surface area (Å²) in [5, 5.41) is 27.8. The number of aliphatic carboxylic acids is 1. The molecule has 2 atom stereocenters. The Morgan fingerprint density at radius 3 is 2.29 bits per heavy atom. The Kier molecular flexibility index (Phi) is 3.08. The third-order valence-electron chi connectivity index (χ3n) is 2.33. The molecular weight excluding hydrogens is 184 g/mol. The van der Waals surface area contributed by atoms with Crippen molar-refractivity contribution >= 4 is 5.97 Å². The van der Waals surface area contributed by atoms with Gasteiger partial charge < -0.3 is 15.3 Å². The Balaban J connectivity index is 3.02. The lowest BCUT2D eigenvalue weighted by molar-refractivity contribution is -0.134. The van der Waals surface area contributed by atoms with Gasteiger partial charge in [0.15, 0.2) is 0 Å². The molecule has 0 aliphatic heterocycles. The number of aliphatic hydroxyl groups excluding tert-OH is 2. The van der Waals surface area contributed by atoms with Crippen LogP contribution in [0.2, 0.25) is 0 Å². The summed E-state index contributed by atoms with van der Waals surface area (Å²) in [6.45, 7) is 3.75. The second-order valence-electron chi connectivity index (χ2n) is 3.64. The Morgan fingerprint density at radius 1 is 1.29 bits per heavy atom. The third-order valence-corrected chi connectivity index (χ3v) is 2.33. The minimum Gasteiger partial charge on any atom is -0.478 e. The Labute approximate surface area is 82.2 Å². The lowest BCUT2D eigenvalue weighted by Crippen LogP contribution is -2.36. The minimum atomic E-state index is -1.32. The van der Waals surface area contributed by atoms with Gasteiger partial charge in [0, 0.05) is 0 Å². The number of rotatable bonds is 2. The van der Waals surface area contributed by atoms with Crippen LogP contribution in [0.15, 0.2) is 23.3 Å². The van der Waals surface area contributed by atoms with Gasteiger partial charge in [-0.05, 0) is 17.6 Å². The number of hydrogen-bond acceptors (Lipinski definition) is 3. The van der Waals surface area contributed by atoms with E-state index in [-0.39, 0.29) is 11.5 Å². The molecule has 0 amide bonds. The van der Waals surface area contributed by atoms with E-state index in [1.807, 2.05) is 13.8 Å². The van der Waals surface area contributed by atoms with Crippen LogP contribution in [-0.4, -0.2) is 33.5 Å². The van der Waals surface area contributed by atoms with Gasteiger partial charge in [-0.25, -0.2) is 4.79 Å². The molecule has 0 saturated heterocycles. The fraction of sp³-hybridized carbons (Fsp3) is 0.500. The summed E-state index contributed by atoms with van der Waals surface area (Å²) in [6, 6.07) is 0. The zero-order chi connectivity index (χ0) is 10.9. The van der Waals surface area contributed by atoms with Crippen LogP contribution in [0.5, 0.6) is 0 Å². The van der Waals surface area contributed by atoms with Crippen molar-refractivity contribution < 1.29 is 20.1 Å². The largest absolute Gasteiger partial charge is 0.478 e. The first-order chi connectivity index (χ1) is 6.45. The molecule has 0 heterocycles. The summed E-state index contributed by atoms with van der Waals surface area (Å²) in [7, 11) is 0. The molecule has 0 aromatic carbocycles. The molecule has 0 unspecified atom stereocenters. The molecule has 0 saturated carbocycles. The van der Waals surface area contributed by atoms with Gasteiger partial charge in [-0.1, -0.05) is 19.9 Å². The van der Waals surface area contributed by atoms with E-state index in [1.54, 1.807) is 6.08 Å². The molecule has 78 valence electrons. The van der Waals surface area contributed by atoms with E-state index in [9.17, 15) is 15.0 Å². The van der Waals surface area contributed by atoms with Gasteiger partial charge in [0.1, 0.15) is 12.2 Å². The smallest absolute Gasteiger partial charge is 0.334 e. The van der Waals surface area contributed by atoms with Gasteiger partial charge in [-0.3, -0.25) is 0 Å². The molecule has 4 heteroatoms. The SMILES string of the molecule is CC(C)C1=CC=C(C(=O)O)[C@@H](O)[C@H]1O. The van der Waals surface area contributed by atoms with Crippen LogP contribution in [0, 0.1) is 5.92 Å². The molecule has 1 rings (SSSR count). The monoisotopic (exact) mass is 198 g/mol. The Hall–Kier alpha value is -1.13. The molecule has 3 N–H and O–H groups in total. The molecule has 0 aromatic heterocycles. The molecule has 0 spiro atoms. The average Bonchev–Trinajstić information content (AvgIpc) is 2.08. The molecule has 0 aromatic rings. The van der Waals surface area contributed by atoms with Crippen molar-refractivity contribution in [1.82, 2.24) is 0 Å². The van der Waals surface area contributed by atoms with E-state index >= 15 is 0 Å². The van der Waals surface area contributed by atoms with Gasteiger partial charge in [0.25, 0.3) is 0 Å². The van der Waals surface area contributed by atoms with E-state index in [0.717, 1.165) is 0 Å². The number of carboxylic acid groups (broad SMARTS) is 1. The summed E-state index contributed by atoms with van der Waals surface area (Å²) < 4.78 is 0. The van der Waals surface area contributed by atoms with Crippen LogP contribution in [-0.2, 0) is 4.79 Å². The lowest BCUT2D eigenvalue weighted by Gasteiger charge is -2.26. The summed E-state index contributed by atoms with van der Waals surface area (Å²) >= 11 is 0. The van der Waals surface area contributed by atoms with Crippen molar-refractivity contribution in [3.8, 4) is 0 Å². The van der Waals surface area contributed by atoms with Gasteiger partial charge >= 0.3 is 5.97 Å². The van der Waals surface area contributed by atoms with E-state index in [1.165, 1.54) is 6.08 Å². The second kappa shape index (κ2) is 3.94. The van der Waals surface area contributed by atoms with Gasteiger partial charge in [0.2, 0.25) is 0 Å². The number of carbonyl (C=O) groups is 1. The molecule has 0 bridgehead atoms. The van der Waals surface area contributed by atoms with Crippen molar-refractivity contribution in [3.05, 3.63) is 23.3 Å². The second-order valence-corrected chi connectivity index (χ2v) is 3.64. The summed E-state index contributed by atoms with van der Waals surface area (Å²) in [4.78, 5) is 10.6. The molecular formula is C10H14O4. The van der Waals surface area contributed by atoms with Crippen LogP contribution in [0.25, 0.3) is 0 Å². The predicted octanol–water partition coefficient (Wildman–Crippen LogP) is 0.315. The molecule has 0 radical (unpaired) electrons. The quantitative estimate of drug-likeness (QED) is 0.597. The zero-order valence-corrected chi connectivity index (χ0v) is 8.14. The Bertz CT molecular complexity index is 301. The molecule has 0 fully saturated rings. The highest BCUT2D eigenvalue weighted by Gasteiger charge is 2.31. The average molecular weight is 198 g/mol. The van der Waals surface area contributed by atoms with Gasteiger partial charge in [-0.15, -0.1) is 0 Å². The van der Waals surface area contributed by atoms with Crippen LogP contribution in [0.1, 0.15) is 13.8 Å². The topological polar surface area (TPSA) is 77.8 Å². The molecule has 1 aliphatic rings. The molecule has 1 aliphatic carbocycles. The van der Waals surface area contributed by atoms with Crippen molar-refractivity contribution in [2.24, 2.45) is 5.92 Å². The highest BCUT2D eigenvalue weighted by atomic mass is 16.4. The van der Waals surface area contributed by atoms with E-state index in [4.69, 9.17) is 5.11 Å². The standard InChI is InChI=1S/C10H14O4/c1-5(2)6-3-4-7(10(13)14)9(12)8(6)11/h3-5,8-9,11-12H,1-2H3,(H,13,14)/t8-,9+/m0/s1. The third kappa shape index (κ3) is 1.86. The fourth-order valence-electron chi connectivity index (χ4n) is 1.47. The number of carboxylic acids is 1. The van der Waals surface area contributed by atoms with Crippen molar-refractivity contribution in [3.63, 3.8) is 0 Å². The fourth-order valence-corrected chi connectivity index (χ4v) is 1.47. The van der Waals surface area contributed by atoms with Crippen LogP contribution >= 0.6 is 0 Å². The number of allylic oxidation sites excluding steroid dienone is 2. The molecule has 14 heavy (non-hydrogen) atoms. The summed E-state index contributed by atoms with van der Waals surface area (Å²) in [5.41, 5.74) is 0.490. The highest BCUT2D eigenvalue weighted by molar-refractivity contribution is 5.88. The first kappa shape index (κ1) is 10.9. The first-order valence-electron chi connectivity index (χ1n) is 4.46. The Morgan fingerprint density at radius 2 is 1.86 bits per heavy atom. The number of aliphatic hydroxyl groups is 2. The maximum absolute atomic E-state index is 10.6. The maximum atomic E-state index is 10.6. The van der Waals surface area contributed by atoms with Crippen LogP contribution in [0.3, 0.4) is 0 Å². The van der Waals surface area contributed by atoms with Crippen molar-refractivity contribution in [1.29, 1.82) is 0 Å². The van der Waals surface area contributed by atoms with Crippen LogP contribution < -0.4 is 0 Å². The minimum absolute atomic E-state index is 0.0891. The predicted molar refractivity (Wildman–Crippen MR) is 50.7 cm³/mol. The van der Waals surface area contributed by atoms with E-state index in [2.05, 4.69) is 0 Å². The van der Waals surface area contributed by atoms with E-state index < -0.39 is 18.2 Å². The summed E-state index contributed by atoms with van der Waals surface area (Å²) in [6.07, 6.45) is 0.474. The van der Waals surface area contributed by atoms with Gasteiger partial charge in [0.05, 0.1) is 5.57 Å². The number of hydrogen-bond donors (Lipinski definition) is 3. The summed E-state index contributed by atoms with van der Waals surface area (Å²) in [5.74, 6) is -1.11.